The highest BCUT2D eigenvalue weighted by Gasteiger charge is 2.15. The zero-order valence-corrected chi connectivity index (χ0v) is 12.1. The molecule has 1 aromatic carbocycles. The van der Waals surface area contributed by atoms with Crippen LogP contribution in [0.25, 0.3) is 11.0 Å². The van der Waals surface area contributed by atoms with E-state index < -0.39 is 0 Å². The number of nitrogens with one attached hydrogen (secondary N) is 1. The lowest BCUT2D eigenvalue weighted by Gasteiger charge is -2.14. The second-order valence-electron chi connectivity index (χ2n) is 5.64. The number of ether oxygens (including phenoxy) is 1. The molecule has 0 radical (unpaired) electrons. The molecule has 1 aromatic heterocycles. The van der Waals surface area contributed by atoms with Gasteiger partial charge in [0.05, 0.1) is 18.8 Å². The SMILES string of the molecule is CC(NCCOC1CCCC1)c1cc2ccccc2o1. The Kier molecular flexibility index (Phi) is 4.38. The third kappa shape index (κ3) is 3.22. The van der Waals surface area contributed by atoms with Gasteiger partial charge in [-0.2, -0.15) is 0 Å². The van der Waals surface area contributed by atoms with E-state index in [1.807, 2.05) is 18.2 Å². The molecule has 3 heteroatoms. The molecule has 1 fully saturated rings. The highest BCUT2D eigenvalue weighted by Crippen LogP contribution is 2.23. The summed E-state index contributed by atoms with van der Waals surface area (Å²) >= 11 is 0. The fraction of sp³-hybridized carbons (Fsp3) is 0.529. The molecule has 0 aliphatic heterocycles. The Morgan fingerprint density at radius 2 is 2.10 bits per heavy atom. The van der Waals surface area contributed by atoms with Crippen LogP contribution in [0.3, 0.4) is 0 Å². The van der Waals surface area contributed by atoms with E-state index in [0.29, 0.717) is 6.10 Å². The van der Waals surface area contributed by atoms with Crippen LogP contribution in [0, 0.1) is 0 Å². The van der Waals surface area contributed by atoms with Crippen molar-refractivity contribution in [3.05, 3.63) is 36.1 Å². The van der Waals surface area contributed by atoms with Gasteiger partial charge in [0, 0.05) is 11.9 Å². The van der Waals surface area contributed by atoms with Crippen molar-refractivity contribution in [2.45, 2.75) is 44.8 Å². The van der Waals surface area contributed by atoms with Crippen LogP contribution < -0.4 is 5.32 Å². The molecule has 108 valence electrons. The third-order valence-electron chi connectivity index (χ3n) is 4.08. The lowest BCUT2D eigenvalue weighted by Crippen LogP contribution is -2.24. The first-order valence-electron chi connectivity index (χ1n) is 7.66. The minimum Gasteiger partial charge on any atom is -0.459 e. The summed E-state index contributed by atoms with van der Waals surface area (Å²) in [7, 11) is 0. The molecular weight excluding hydrogens is 250 g/mol. The van der Waals surface area contributed by atoms with Crippen LogP contribution >= 0.6 is 0 Å². The minimum absolute atomic E-state index is 0.217. The van der Waals surface area contributed by atoms with Crippen molar-refractivity contribution in [3.63, 3.8) is 0 Å². The number of benzene rings is 1. The lowest BCUT2D eigenvalue weighted by molar-refractivity contribution is 0.0591. The Bertz CT molecular complexity index is 510. The maximum atomic E-state index is 5.86. The summed E-state index contributed by atoms with van der Waals surface area (Å²) in [6.45, 7) is 3.79. The van der Waals surface area contributed by atoms with E-state index in [0.717, 1.165) is 24.5 Å². The summed E-state index contributed by atoms with van der Waals surface area (Å²) in [6.07, 6.45) is 5.62. The van der Waals surface area contributed by atoms with Crippen molar-refractivity contribution < 1.29 is 9.15 Å². The van der Waals surface area contributed by atoms with E-state index in [9.17, 15) is 0 Å². The standard InChI is InChI=1S/C17H23NO2/c1-13(18-10-11-19-15-7-3-4-8-15)17-12-14-6-2-5-9-16(14)20-17/h2,5-6,9,12-13,15,18H,3-4,7-8,10-11H2,1H3. The van der Waals surface area contributed by atoms with Crippen LogP contribution in [-0.2, 0) is 4.74 Å². The molecule has 1 aliphatic rings. The van der Waals surface area contributed by atoms with Crippen LogP contribution in [0.1, 0.15) is 44.4 Å². The van der Waals surface area contributed by atoms with E-state index in [2.05, 4.69) is 24.4 Å². The summed E-state index contributed by atoms with van der Waals surface area (Å²) in [5.41, 5.74) is 0.957. The summed E-state index contributed by atoms with van der Waals surface area (Å²) in [5.74, 6) is 0.993. The van der Waals surface area contributed by atoms with E-state index >= 15 is 0 Å². The van der Waals surface area contributed by atoms with E-state index in [-0.39, 0.29) is 6.04 Å². The van der Waals surface area contributed by atoms with Gasteiger partial charge in [-0.05, 0) is 31.9 Å². The van der Waals surface area contributed by atoms with Gasteiger partial charge < -0.3 is 14.5 Å². The molecule has 1 aliphatic carbocycles. The first-order chi connectivity index (χ1) is 9.83. The molecule has 1 saturated carbocycles. The van der Waals surface area contributed by atoms with Gasteiger partial charge in [0.2, 0.25) is 0 Å². The second kappa shape index (κ2) is 6.42. The number of rotatable bonds is 6. The van der Waals surface area contributed by atoms with E-state index in [1.165, 1.54) is 31.1 Å². The van der Waals surface area contributed by atoms with Crippen molar-refractivity contribution in [3.8, 4) is 0 Å². The molecule has 0 spiro atoms. The van der Waals surface area contributed by atoms with Gasteiger partial charge in [0.1, 0.15) is 11.3 Å². The van der Waals surface area contributed by atoms with Crippen molar-refractivity contribution in [1.29, 1.82) is 0 Å². The van der Waals surface area contributed by atoms with Crippen molar-refractivity contribution in [2.75, 3.05) is 13.2 Å². The normalized spacial score (nSPS) is 17.9. The largest absolute Gasteiger partial charge is 0.459 e. The van der Waals surface area contributed by atoms with Gasteiger partial charge in [0.25, 0.3) is 0 Å². The van der Waals surface area contributed by atoms with Crippen LogP contribution in [-0.4, -0.2) is 19.3 Å². The zero-order valence-electron chi connectivity index (χ0n) is 12.1. The molecule has 2 aromatic rings. The molecule has 3 rings (SSSR count). The van der Waals surface area contributed by atoms with Gasteiger partial charge in [0.15, 0.2) is 0 Å². The Labute approximate surface area is 120 Å². The first-order valence-corrected chi connectivity index (χ1v) is 7.66. The number of hydrogen-bond acceptors (Lipinski definition) is 3. The van der Waals surface area contributed by atoms with Gasteiger partial charge >= 0.3 is 0 Å². The smallest absolute Gasteiger partial charge is 0.134 e. The van der Waals surface area contributed by atoms with Crippen LogP contribution in [0.15, 0.2) is 34.7 Å². The molecule has 0 bridgehead atoms. The second-order valence-corrected chi connectivity index (χ2v) is 5.64. The highest BCUT2D eigenvalue weighted by atomic mass is 16.5. The number of hydrogen-bond donors (Lipinski definition) is 1. The van der Waals surface area contributed by atoms with Gasteiger partial charge in [-0.15, -0.1) is 0 Å². The topological polar surface area (TPSA) is 34.4 Å². The first kappa shape index (κ1) is 13.7. The lowest BCUT2D eigenvalue weighted by atomic mass is 10.2. The summed E-state index contributed by atoms with van der Waals surface area (Å²) in [5, 5.41) is 4.63. The Morgan fingerprint density at radius 3 is 2.90 bits per heavy atom. The predicted molar refractivity (Wildman–Crippen MR) is 80.8 cm³/mol. The van der Waals surface area contributed by atoms with Crippen molar-refractivity contribution in [2.24, 2.45) is 0 Å². The molecule has 0 amide bonds. The Hall–Kier alpha value is -1.32. The summed E-state index contributed by atoms with van der Waals surface area (Å²) in [4.78, 5) is 0. The predicted octanol–water partition coefficient (Wildman–Crippen LogP) is 4.04. The molecule has 1 heterocycles. The fourth-order valence-corrected chi connectivity index (χ4v) is 2.87. The van der Waals surface area contributed by atoms with Crippen LogP contribution in [0.4, 0.5) is 0 Å². The van der Waals surface area contributed by atoms with Gasteiger partial charge in [-0.25, -0.2) is 0 Å². The van der Waals surface area contributed by atoms with Crippen molar-refractivity contribution in [1.82, 2.24) is 5.32 Å². The van der Waals surface area contributed by atoms with E-state index in [1.54, 1.807) is 0 Å². The fourth-order valence-electron chi connectivity index (χ4n) is 2.87. The quantitative estimate of drug-likeness (QED) is 0.806. The molecule has 1 N–H and O–H groups in total. The minimum atomic E-state index is 0.217. The molecule has 3 nitrogen and oxygen atoms in total. The van der Waals surface area contributed by atoms with Crippen LogP contribution in [0.5, 0.6) is 0 Å². The summed E-state index contributed by atoms with van der Waals surface area (Å²) < 4.78 is 11.7. The van der Waals surface area contributed by atoms with E-state index in [4.69, 9.17) is 9.15 Å². The number of furan rings is 1. The third-order valence-corrected chi connectivity index (χ3v) is 4.08. The average Bonchev–Trinajstić information content (AvgIpc) is 3.12. The summed E-state index contributed by atoms with van der Waals surface area (Å²) in [6, 6.07) is 10.5. The molecular formula is C17H23NO2. The molecule has 1 unspecified atom stereocenters. The van der Waals surface area contributed by atoms with Gasteiger partial charge in [-0.3, -0.25) is 0 Å². The van der Waals surface area contributed by atoms with Gasteiger partial charge in [-0.1, -0.05) is 31.0 Å². The zero-order chi connectivity index (χ0) is 13.8. The van der Waals surface area contributed by atoms with Crippen LogP contribution in [0.2, 0.25) is 0 Å². The molecule has 1 atom stereocenters. The maximum Gasteiger partial charge on any atom is 0.134 e. The maximum absolute atomic E-state index is 5.86. The number of para-hydroxylation sites is 1. The monoisotopic (exact) mass is 273 g/mol. The molecule has 20 heavy (non-hydrogen) atoms. The molecule has 0 saturated heterocycles. The number of fused-ring (bicyclic) bond motifs is 1. The Balaban J connectivity index is 1.47. The Morgan fingerprint density at radius 1 is 1.30 bits per heavy atom. The van der Waals surface area contributed by atoms with Crippen molar-refractivity contribution >= 4 is 11.0 Å². The highest BCUT2D eigenvalue weighted by molar-refractivity contribution is 5.77. The average molecular weight is 273 g/mol.